The van der Waals surface area contributed by atoms with Gasteiger partial charge in [0.1, 0.15) is 17.6 Å². The first-order valence-corrected chi connectivity index (χ1v) is 8.44. The van der Waals surface area contributed by atoms with E-state index < -0.39 is 43.4 Å². The molecule has 0 spiro atoms. The number of pyridine rings is 3. The van der Waals surface area contributed by atoms with Gasteiger partial charge in [-0.2, -0.15) is 0 Å². The third-order valence-electron chi connectivity index (χ3n) is 3.22. The van der Waals surface area contributed by atoms with Gasteiger partial charge in [-0.3, -0.25) is 9.97 Å². The molecule has 0 aliphatic rings. The second-order valence-electron chi connectivity index (χ2n) is 4.92. The van der Waals surface area contributed by atoms with Gasteiger partial charge in [0, 0.05) is 21.1 Å². The Hall–Kier alpha value is -2.58. The molecular weight excluding hydrogens is 563 g/mol. The quantitative estimate of drug-likeness (QED) is 0.378. The summed E-state index contributed by atoms with van der Waals surface area (Å²) in [7, 11) is -4.26. The molecule has 0 aromatic carbocycles. The maximum Gasteiger partial charge on any atom is 0.354 e. The maximum absolute atomic E-state index is 13.8. The van der Waals surface area contributed by atoms with Gasteiger partial charge < -0.3 is 5.11 Å². The number of carboxylic acids is 1. The van der Waals surface area contributed by atoms with Crippen molar-refractivity contribution in [1.29, 1.82) is 0 Å². The molecule has 0 aliphatic carbocycles. The van der Waals surface area contributed by atoms with E-state index in [4.69, 9.17) is 5.11 Å². The molecule has 3 heterocycles. The van der Waals surface area contributed by atoms with Crippen LogP contribution in [0.5, 0.6) is 0 Å². The monoisotopic (exact) mass is 571 g/mol. The average molecular weight is 571 g/mol. The van der Waals surface area contributed by atoms with Gasteiger partial charge in [-0.05, 0) is 23.9 Å². The summed E-state index contributed by atoms with van der Waals surface area (Å²) in [4.78, 5) is 21.4. The van der Waals surface area contributed by atoms with Gasteiger partial charge in [0.2, 0.25) is 9.84 Å². The number of hydrogen-bond donors (Lipinski definition) is 1. The van der Waals surface area contributed by atoms with Gasteiger partial charge in [-0.15, -0.1) is 6.07 Å². The van der Waals surface area contributed by atoms with Crippen molar-refractivity contribution in [2.45, 2.75) is 10.1 Å². The van der Waals surface area contributed by atoms with Crippen molar-refractivity contribution in [3.63, 3.8) is 0 Å². The Morgan fingerprint density at radius 2 is 1.63 bits per heavy atom. The van der Waals surface area contributed by atoms with Crippen LogP contribution in [0, 0.1) is 18.0 Å². The normalized spacial score (nSPS) is 10.9. The number of halogens is 2. The molecule has 3 aromatic heterocycles. The van der Waals surface area contributed by atoms with Gasteiger partial charge >= 0.3 is 5.97 Å². The van der Waals surface area contributed by atoms with E-state index in [1.165, 1.54) is 18.2 Å². The molecule has 142 valence electrons. The van der Waals surface area contributed by atoms with E-state index in [9.17, 15) is 22.0 Å². The van der Waals surface area contributed by atoms with Crippen LogP contribution in [0.4, 0.5) is 8.78 Å². The largest absolute Gasteiger partial charge is 0.477 e. The second kappa shape index (κ2) is 7.97. The van der Waals surface area contributed by atoms with Crippen molar-refractivity contribution >= 4 is 15.8 Å². The van der Waals surface area contributed by atoms with E-state index in [0.717, 1.165) is 24.3 Å². The summed E-state index contributed by atoms with van der Waals surface area (Å²) in [5.41, 5.74) is -0.898. The molecule has 0 saturated carbocycles. The molecule has 3 aromatic rings. The third-order valence-corrected chi connectivity index (χ3v) is 4.78. The minimum atomic E-state index is -4.26. The number of sulfone groups is 1. The van der Waals surface area contributed by atoms with E-state index >= 15 is 0 Å². The molecule has 0 aliphatic heterocycles. The van der Waals surface area contributed by atoms with Crippen LogP contribution in [0.2, 0.25) is 0 Å². The Balaban J connectivity index is 0.00000261. The molecular formula is C16H8F2N3O4PtS-. The molecule has 0 saturated heterocycles. The fraction of sp³-hybridized carbons (Fsp3) is 0. The van der Waals surface area contributed by atoms with Crippen LogP contribution in [0.25, 0.3) is 11.3 Å². The number of hydrogen-bond acceptors (Lipinski definition) is 6. The molecule has 1 N–H and O–H groups in total. The summed E-state index contributed by atoms with van der Waals surface area (Å²) in [5, 5.41) is 7.93. The zero-order valence-electron chi connectivity index (χ0n) is 13.0. The van der Waals surface area contributed by atoms with Crippen molar-refractivity contribution in [1.82, 2.24) is 15.0 Å². The van der Waals surface area contributed by atoms with E-state index in [0.29, 0.717) is 0 Å². The summed E-state index contributed by atoms with van der Waals surface area (Å²) in [5.74, 6) is -3.67. The van der Waals surface area contributed by atoms with E-state index in [1.807, 2.05) is 0 Å². The molecule has 0 fully saturated rings. The number of carbonyl (C=O) groups is 1. The molecule has 11 heteroatoms. The van der Waals surface area contributed by atoms with Crippen molar-refractivity contribution in [3.05, 3.63) is 66.1 Å². The third kappa shape index (κ3) is 4.23. The number of nitrogens with zero attached hydrogens (tertiary/aromatic N) is 3. The smallest absolute Gasteiger partial charge is 0.354 e. The Kier molecular flexibility index (Phi) is 6.12. The fourth-order valence-electron chi connectivity index (χ4n) is 2.05. The SMILES string of the molecule is O=C(O)c1cccc(S(=O)(=O)c2cccc(-c3[c-]cc(F)nc3F)n2)n1.[Pt]. The Morgan fingerprint density at radius 1 is 1.00 bits per heavy atom. The molecule has 0 bridgehead atoms. The predicted molar refractivity (Wildman–Crippen MR) is 82.9 cm³/mol. The molecule has 0 atom stereocenters. The van der Waals surface area contributed by atoms with Gasteiger partial charge in [0.25, 0.3) is 0 Å². The second-order valence-corrected chi connectivity index (χ2v) is 6.76. The molecule has 0 unspecified atom stereocenters. The molecule has 0 radical (unpaired) electrons. The summed E-state index contributed by atoms with van der Waals surface area (Å²) in [6.07, 6.45) is 0. The predicted octanol–water partition coefficient (Wildman–Crippen LogP) is 2.15. The average Bonchev–Trinajstić information content (AvgIpc) is 2.62. The van der Waals surface area contributed by atoms with Crippen LogP contribution in [-0.2, 0) is 30.9 Å². The van der Waals surface area contributed by atoms with Gasteiger partial charge in [-0.1, -0.05) is 29.8 Å². The number of carboxylic acid groups (broad SMARTS) is 1. The summed E-state index contributed by atoms with van der Waals surface area (Å²) in [6, 6.07) is 10.3. The Morgan fingerprint density at radius 3 is 2.26 bits per heavy atom. The van der Waals surface area contributed by atoms with Crippen molar-refractivity contribution in [3.8, 4) is 11.3 Å². The first-order chi connectivity index (χ1) is 12.3. The van der Waals surface area contributed by atoms with Gasteiger partial charge in [-0.25, -0.2) is 27.0 Å². The van der Waals surface area contributed by atoms with E-state index in [-0.39, 0.29) is 32.3 Å². The molecule has 0 amide bonds. The fourth-order valence-corrected chi connectivity index (χ4v) is 3.21. The van der Waals surface area contributed by atoms with Crippen LogP contribution >= 0.6 is 0 Å². The van der Waals surface area contributed by atoms with Gasteiger partial charge in [0.05, 0.1) is 0 Å². The maximum atomic E-state index is 13.8. The van der Waals surface area contributed by atoms with Crippen LogP contribution in [0.3, 0.4) is 0 Å². The van der Waals surface area contributed by atoms with Crippen molar-refractivity contribution < 1.29 is 48.2 Å². The summed E-state index contributed by atoms with van der Waals surface area (Å²) < 4.78 is 51.9. The summed E-state index contributed by atoms with van der Waals surface area (Å²) >= 11 is 0. The van der Waals surface area contributed by atoms with E-state index in [1.54, 1.807) is 0 Å². The standard InChI is InChI=1S/C16H8F2N3O4S.Pt/c17-12-8-7-9(15(18)21-12)10-3-1-5-13(19-10)26(24,25)14-6-2-4-11(20-14)16(22)23;/h1-6,8H,(H,22,23);/q-1;. The Bertz CT molecular complexity index is 1130. The van der Waals surface area contributed by atoms with Crippen molar-refractivity contribution in [2.24, 2.45) is 0 Å². The summed E-state index contributed by atoms with van der Waals surface area (Å²) in [6.45, 7) is 0. The van der Waals surface area contributed by atoms with E-state index in [2.05, 4.69) is 21.0 Å². The number of rotatable bonds is 4. The topological polar surface area (TPSA) is 110 Å². The minimum absolute atomic E-state index is 0. The Labute approximate surface area is 166 Å². The molecule has 27 heavy (non-hydrogen) atoms. The van der Waals surface area contributed by atoms with Crippen LogP contribution in [0.1, 0.15) is 10.5 Å². The van der Waals surface area contributed by atoms with Crippen molar-refractivity contribution in [2.75, 3.05) is 0 Å². The van der Waals surface area contributed by atoms with Gasteiger partial charge in [0.15, 0.2) is 10.1 Å². The first kappa shape index (κ1) is 20.7. The number of aromatic nitrogens is 3. The zero-order valence-corrected chi connectivity index (χ0v) is 16.1. The van der Waals surface area contributed by atoms with Crippen LogP contribution in [-0.4, -0.2) is 34.4 Å². The van der Waals surface area contributed by atoms with Crippen LogP contribution < -0.4 is 0 Å². The number of aromatic carboxylic acids is 1. The minimum Gasteiger partial charge on any atom is -0.477 e. The zero-order chi connectivity index (χ0) is 18.9. The van der Waals surface area contributed by atoms with Crippen LogP contribution in [0.15, 0.2) is 52.5 Å². The molecule has 3 rings (SSSR count). The molecule has 7 nitrogen and oxygen atoms in total. The first-order valence-electron chi connectivity index (χ1n) is 6.95.